The highest BCUT2D eigenvalue weighted by atomic mass is 16.5. The Morgan fingerprint density at radius 3 is 2.76 bits per heavy atom. The highest BCUT2D eigenvalue weighted by molar-refractivity contribution is 6.17. The van der Waals surface area contributed by atoms with E-state index in [1.165, 1.54) is 5.70 Å². The number of carbonyl (C=O) groups excluding carboxylic acids is 1. The van der Waals surface area contributed by atoms with E-state index < -0.39 is 5.91 Å². The zero-order valence-corrected chi connectivity index (χ0v) is 16.3. The summed E-state index contributed by atoms with van der Waals surface area (Å²) in [6, 6.07) is 15.3. The summed E-state index contributed by atoms with van der Waals surface area (Å²) >= 11 is 0. The van der Waals surface area contributed by atoms with Crippen LogP contribution in [0, 0.1) is 0 Å². The van der Waals surface area contributed by atoms with E-state index in [0.717, 1.165) is 47.6 Å². The second-order valence-electron chi connectivity index (χ2n) is 6.91. The zero-order chi connectivity index (χ0) is 20.2. The molecule has 0 saturated carbocycles. The van der Waals surface area contributed by atoms with Crippen LogP contribution >= 0.6 is 0 Å². The molecule has 1 aliphatic carbocycles. The molecule has 148 valence electrons. The van der Waals surface area contributed by atoms with Gasteiger partial charge in [0.2, 0.25) is 0 Å². The molecular weight excluding hydrogens is 366 g/mol. The SMILES string of the molecule is COCCN1C2=C(C=CCC2)N=C(c2ccc(C(=O)NO)cc2)c2ccccc21. The van der Waals surface area contributed by atoms with E-state index in [9.17, 15) is 4.79 Å². The molecule has 2 aromatic carbocycles. The number of anilines is 1. The van der Waals surface area contributed by atoms with E-state index in [1.54, 1.807) is 24.7 Å². The van der Waals surface area contributed by atoms with Crippen molar-refractivity contribution in [1.29, 1.82) is 0 Å². The highest BCUT2D eigenvalue weighted by Gasteiger charge is 2.25. The summed E-state index contributed by atoms with van der Waals surface area (Å²) in [6.07, 6.45) is 6.15. The average Bonchev–Trinajstić information content (AvgIpc) is 2.92. The minimum Gasteiger partial charge on any atom is -0.383 e. The van der Waals surface area contributed by atoms with E-state index in [-0.39, 0.29) is 0 Å². The number of allylic oxidation sites excluding steroid dienone is 3. The van der Waals surface area contributed by atoms with Gasteiger partial charge >= 0.3 is 0 Å². The van der Waals surface area contributed by atoms with Gasteiger partial charge in [-0.15, -0.1) is 0 Å². The van der Waals surface area contributed by atoms with E-state index >= 15 is 0 Å². The van der Waals surface area contributed by atoms with Crippen LogP contribution in [0.4, 0.5) is 5.69 Å². The highest BCUT2D eigenvalue weighted by Crippen LogP contribution is 2.35. The molecule has 0 bridgehead atoms. The Hall–Kier alpha value is -3.22. The first-order chi connectivity index (χ1) is 14.2. The van der Waals surface area contributed by atoms with Crippen molar-refractivity contribution in [1.82, 2.24) is 5.48 Å². The fraction of sp³-hybridized carbons (Fsp3) is 0.217. The Balaban J connectivity index is 1.85. The Kier molecular flexibility index (Phi) is 5.55. The number of nitrogens with zero attached hydrogens (tertiary/aromatic N) is 2. The predicted octanol–water partition coefficient (Wildman–Crippen LogP) is 3.67. The van der Waals surface area contributed by atoms with Gasteiger partial charge in [0, 0.05) is 36.0 Å². The van der Waals surface area contributed by atoms with Gasteiger partial charge in [-0.3, -0.25) is 10.0 Å². The molecule has 0 radical (unpaired) electrons. The Morgan fingerprint density at radius 2 is 2.00 bits per heavy atom. The minimum atomic E-state index is -0.536. The van der Waals surface area contributed by atoms with E-state index in [4.69, 9.17) is 14.9 Å². The van der Waals surface area contributed by atoms with Crippen molar-refractivity contribution >= 4 is 17.3 Å². The molecular formula is C23H23N3O3. The van der Waals surface area contributed by atoms with Crippen molar-refractivity contribution in [2.75, 3.05) is 25.2 Å². The number of fused-ring (bicyclic) bond motifs is 1. The molecule has 1 aliphatic heterocycles. The molecule has 29 heavy (non-hydrogen) atoms. The summed E-state index contributed by atoms with van der Waals surface area (Å²) in [5, 5.41) is 8.85. The van der Waals surface area contributed by atoms with Crippen LogP contribution in [0.15, 0.2) is 77.1 Å². The van der Waals surface area contributed by atoms with Gasteiger partial charge in [0.15, 0.2) is 0 Å². The smallest absolute Gasteiger partial charge is 0.274 e. The standard InChI is InChI=1S/C23H23N3O3/c1-29-15-14-26-20-8-4-2-6-18(20)22(24-19-7-3-5-9-21(19)26)16-10-12-17(13-11-16)23(27)25-28/h2-4,6-8,10-13,28H,5,9,14-15H2,1H3,(H,25,27). The largest absolute Gasteiger partial charge is 0.383 e. The normalized spacial score (nSPS) is 15.4. The van der Waals surface area contributed by atoms with Crippen LogP contribution in [0.2, 0.25) is 0 Å². The summed E-state index contributed by atoms with van der Waals surface area (Å²) in [6.45, 7) is 1.37. The Labute approximate surface area is 169 Å². The summed E-state index contributed by atoms with van der Waals surface area (Å²) < 4.78 is 5.36. The van der Waals surface area contributed by atoms with Gasteiger partial charge in [-0.1, -0.05) is 36.4 Å². The van der Waals surface area contributed by atoms with Crippen molar-refractivity contribution in [3.05, 3.63) is 88.8 Å². The molecule has 2 aromatic rings. The quantitative estimate of drug-likeness (QED) is 0.604. The number of carbonyl (C=O) groups is 1. The number of hydrogen-bond acceptors (Lipinski definition) is 5. The van der Waals surface area contributed by atoms with Crippen LogP contribution < -0.4 is 10.4 Å². The molecule has 2 N–H and O–H groups in total. The molecule has 6 heteroatoms. The zero-order valence-electron chi connectivity index (χ0n) is 16.3. The molecule has 1 heterocycles. The van der Waals surface area contributed by atoms with Crippen LogP contribution in [0.25, 0.3) is 0 Å². The molecule has 1 amide bonds. The first-order valence-corrected chi connectivity index (χ1v) is 9.62. The van der Waals surface area contributed by atoms with Gasteiger partial charge in [-0.25, -0.2) is 10.5 Å². The van der Waals surface area contributed by atoms with Crippen LogP contribution in [-0.4, -0.2) is 37.1 Å². The molecule has 0 aromatic heterocycles. The van der Waals surface area contributed by atoms with Crippen LogP contribution in [0.1, 0.15) is 34.3 Å². The summed E-state index contributed by atoms with van der Waals surface area (Å²) in [4.78, 5) is 19.0. The number of hydrogen-bond donors (Lipinski definition) is 2. The van der Waals surface area contributed by atoms with Crippen LogP contribution in [0.3, 0.4) is 0 Å². The number of amides is 1. The molecule has 4 rings (SSSR count). The molecule has 0 unspecified atom stereocenters. The van der Waals surface area contributed by atoms with E-state index in [2.05, 4.69) is 29.2 Å². The average molecular weight is 389 g/mol. The fourth-order valence-corrected chi connectivity index (χ4v) is 3.75. The minimum absolute atomic E-state index is 0.387. The summed E-state index contributed by atoms with van der Waals surface area (Å²) in [7, 11) is 1.71. The van der Waals surface area contributed by atoms with E-state index in [0.29, 0.717) is 12.2 Å². The maximum atomic E-state index is 11.7. The van der Waals surface area contributed by atoms with E-state index in [1.807, 2.05) is 24.3 Å². The number of benzene rings is 2. The fourth-order valence-electron chi connectivity index (χ4n) is 3.75. The van der Waals surface area contributed by atoms with Gasteiger partial charge in [0.1, 0.15) is 0 Å². The van der Waals surface area contributed by atoms with Gasteiger partial charge in [-0.05, 0) is 37.1 Å². The van der Waals surface area contributed by atoms with Crippen LogP contribution in [-0.2, 0) is 4.74 Å². The number of para-hydroxylation sites is 1. The number of methoxy groups -OCH3 is 1. The van der Waals surface area contributed by atoms with Crippen molar-refractivity contribution in [3.63, 3.8) is 0 Å². The number of aliphatic imine (C=N–C) groups is 1. The lowest BCUT2D eigenvalue weighted by atomic mass is 9.99. The third kappa shape index (κ3) is 3.72. The lowest BCUT2D eigenvalue weighted by molar-refractivity contribution is 0.0706. The van der Waals surface area contributed by atoms with Crippen molar-refractivity contribution in [2.24, 2.45) is 4.99 Å². The van der Waals surface area contributed by atoms with Crippen molar-refractivity contribution in [3.8, 4) is 0 Å². The van der Waals surface area contributed by atoms with Gasteiger partial charge in [-0.2, -0.15) is 0 Å². The van der Waals surface area contributed by atoms with Crippen molar-refractivity contribution < 1.29 is 14.7 Å². The van der Waals surface area contributed by atoms with Crippen molar-refractivity contribution in [2.45, 2.75) is 12.8 Å². The van der Waals surface area contributed by atoms with Gasteiger partial charge in [0.25, 0.3) is 5.91 Å². The first kappa shape index (κ1) is 19.1. The summed E-state index contributed by atoms with van der Waals surface area (Å²) in [5.74, 6) is -0.536. The number of hydroxylamine groups is 1. The Bertz CT molecular complexity index is 1010. The van der Waals surface area contributed by atoms with Gasteiger partial charge < -0.3 is 9.64 Å². The topological polar surface area (TPSA) is 74.2 Å². The first-order valence-electron chi connectivity index (χ1n) is 9.62. The second kappa shape index (κ2) is 8.43. The predicted molar refractivity (Wildman–Crippen MR) is 112 cm³/mol. The summed E-state index contributed by atoms with van der Waals surface area (Å²) in [5.41, 5.74) is 8.10. The molecule has 0 saturated heterocycles. The monoisotopic (exact) mass is 389 g/mol. The molecule has 0 spiro atoms. The second-order valence-corrected chi connectivity index (χ2v) is 6.91. The molecule has 6 nitrogen and oxygen atoms in total. The third-order valence-corrected chi connectivity index (χ3v) is 5.17. The molecule has 0 fully saturated rings. The van der Waals surface area contributed by atoms with Gasteiger partial charge in [0.05, 0.1) is 23.7 Å². The molecule has 0 atom stereocenters. The number of ether oxygens (including phenoxy) is 1. The van der Waals surface area contributed by atoms with Crippen LogP contribution in [0.5, 0.6) is 0 Å². The maximum Gasteiger partial charge on any atom is 0.274 e. The Morgan fingerprint density at radius 1 is 1.21 bits per heavy atom. The lowest BCUT2D eigenvalue weighted by Crippen LogP contribution is -2.28. The lowest BCUT2D eigenvalue weighted by Gasteiger charge is -2.29. The number of rotatable bonds is 5. The maximum absolute atomic E-state index is 11.7. The number of nitrogens with one attached hydrogen (secondary N) is 1. The third-order valence-electron chi connectivity index (χ3n) is 5.17. The molecule has 2 aliphatic rings.